The van der Waals surface area contributed by atoms with E-state index in [9.17, 15) is 5.11 Å². The summed E-state index contributed by atoms with van der Waals surface area (Å²) in [5.74, 6) is 0.849. The number of rotatable bonds is 7. The highest BCUT2D eigenvalue weighted by molar-refractivity contribution is 6.74. The lowest BCUT2D eigenvalue weighted by Crippen LogP contribution is -2.48. The van der Waals surface area contributed by atoms with Crippen molar-refractivity contribution in [1.29, 1.82) is 0 Å². The summed E-state index contributed by atoms with van der Waals surface area (Å²) in [7, 11) is -3.73. The highest BCUT2D eigenvalue weighted by atomic mass is 28.4. The zero-order valence-corrected chi connectivity index (χ0v) is 29.0. The molecule has 0 saturated heterocycles. The normalized spacial score (nSPS) is 31.3. The van der Waals surface area contributed by atoms with Crippen LogP contribution in [0.5, 0.6) is 0 Å². The largest absolute Gasteiger partial charge is 0.414 e. The van der Waals surface area contributed by atoms with E-state index in [0.29, 0.717) is 5.92 Å². The van der Waals surface area contributed by atoms with Crippen molar-refractivity contribution in [1.82, 2.24) is 0 Å². The Hall–Kier alpha value is -0.466. The van der Waals surface area contributed by atoms with E-state index >= 15 is 0 Å². The van der Waals surface area contributed by atoms with E-state index in [1.165, 1.54) is 30.4 Å². The van der Waals surface area contributed by atoms with Crippen LogP contribution in [-0.2, 0) is 8.85 Å². The molecule has 0 aromatic rings. The molecule has 0 heterocycles. The van der Waals surface area contributed by atoms with E-state index in [0.717, 1.165) is 25.7 Å². The molecule has 2 saturated carbocycles. The Balaban J connectivity index is 1.86. The molecular weight excluding hydrogens is 501 g/mol. The fourth-order valence-electron chi connectivity index (χ4n) is 6.57. The Morgan fingerprint density at radius 2 is 1.50 bits per heavy atom. The Morgan fingerprint density at radius 3 is 1.97 bits per heavy atom. The molecule has 5 atom stereocenters. The van der Waals surface area contributed by atoms with Crippen molar-refractivity contribution in [2.24, 2.45) is 17.3 Å². The van der Waals surface area contributed by atoms with Gasteiger partial charge in [-0.05, 0) is 92.5 Å². The van der Waals surface area contributed by atoms with Gasteiger partial charge in [-0.2, -0.15) is 0 Å². The SMILES string of the molecule is C[C@@H](CO)C1=CC[C@H]2C(=CC=C3C[C@@H](O[Si](C)(C)C(C)(C)C)C[C@H](O[Si](C)(C)C(C)(C)C)C3)CCC[C@]12C. The smallest absolute Gasteiger partial charge is 0.192 e. The average molecular weight is 561 g/mol. The number of aliphatic hydroxyl groups excluding tert-OH is 1. The van der Waals surface area contributed by atoms with Gasteiger partial charge in [0.05, 0.1) is 12.2 Å². The second-order valence-corrected chi connectivity index (χ2v) is 25.5. The topological polar surface area (TPSA) is 38.7 Å². The Bertz CT molecular complexity index is 893. The average Bonchev–Trinajstić information content (AvgIpc) is 3.12. The molecule has 0 unspecified atom stereocenters. The fourth-order valence-corrected chi connectivity index (χ4v) is 9.30. The fraction of sp³-hybridized carbons (Fsp3) is 0.818. The van der Waals surface area contributed by atoms with Crippen LogP contribution in [0.3, 0.4) is 0 Å². The van der Waals surface area contributed by atoms with E-state index in [2.05, 4.69) is 99.8 Å². The summed E-state index contributed by atoms with van der Waals surface area (Å²) in [5.41, 5.74) is 4.81. The molecular formula is C33H60O3Si2. The molecule has 0 spiro atoms. The summed E-state index contributed by atoms with van der Waals surface area (Å²) >= 11 is 0. The number of fused-ring (bicyclic) bond motifs is 1. The third-order valence-corrected chi connectivity index (χ3v) is 20.1. The van der Waals surface area contributed by atoms with Crippen LogP contribution in [-0.4, -0.2) is 40.6 Å². The number of hydrogen-bond donors (Lipinski definition) is 1. The van der Waals surface area contributed by atoms with Crippen molar-refractivity contribution in [2.75, 3.05) is 6.61 Å². The van der Waals surface area contributed by atoms with Gasteiger partial charge in [-0.15, -0.1) is 0 Å². The zero-order valence-electron chi connectivity index (χ0n) is 27.0. The zero-order chi connectivity index (χ0) is 28.7. The minimum Gasteiger partial charge on any atom is -0.414 e. The predicted molar refractivity (Wildman–Crippen MR) is 169 cm³/mol. The van der Waals surface area contributed by atoms with E-state index in [-0.39, 0.29) is 40.2 Å². The van der Waals surface area contributed by atoms with Gasteiger partial charge >= 0.3 is 0 Å². The highest BCUT2D eigenvalue weighted by Crippen LogP contribution is 2.56. The van der Waals surface area contributed by atoms with Crippen molar-refractivity contribution in [2.45, 2.75) is 149 Å². The van der Waals surface area contributed by atoms with Gasteiger partial charge < -0.3 is 14.0 Å². The summed E-state index contributed by atoms with van der Waals surface area (Å²) in [6.07, 6.45) is 15.8. The molecule has 218 valence electrons. The molecule has 5 heteroatoms. The van der Waals surface area contributed by atoms with Crippen LogP contribution in [0.25, 0.3) is 0 Å². The van der Waals surface area contributed by atoms with Crippen LogP contribution >= 0.6 is 0 Å². The van der Waals surface area contributed by atoms with Crippen molar-refractivity contribution >= 4 is 16.6 Å². The van der Waals surface area contributed by atoms with Gasteiger partial charge in [-0.3, -0.25) is 0 Å². The monoisotopic (exact) mass is 560 g/mol. The maximum Gasteiger partial charge on any atom is 0.192 e. The van der Waals surface area contributed by atoms with E-state index in [4.69, 9.17) is 8.85 Å². The quantitative estimate of drug-likeness (QED) is 0.249. The third-order valence-electron chi connectivity index (χ3n) is 11.0. The maximum absolute atomic E-state index is 9.87. The number of allylic oxidation sites excluding steroid dienone is 4. The van der Waals surface area contributed by atoms with Gasteiger partial charge in [-0.25, -0.2) is 0 Å². The molecule has 0 aromatic heterocycles. The maximum atomic E-state index is 9.87. The summed E-state index contributed by atoms with van der Waals surface area (Å²) < 4.78 is 14.0. The Kier molecular flexibility index (Phi) is 9.64. The van der Waals surface area contributed by atoms with Gasteiger partial charge in [0.2, 0.25) is 0 Å². The molecule has 0 radical (unpaired) electrons. The van der Waals surface area contributed by atoms with Crippen molar-refractivity contribution in [3.05, 3.63) is 34.9 Å². The van der Waals surface area contributed by atoms with E-state index in [1.807, 2.05) is 0 Å². The summed E-state index contributed by atoms with van der Waals surface area (Å²) in [6.45, 7) is 28.5. The molecule has 3 rings (SSSR count). The van der Waals surface area contributed by atoms with Crippen LogP contribution in [0.4, 0.5) is 0 Å². The Morgan fingerprint density at radius 1 is 0.974 bits per heavy atom. The van der Waals surface area contributed by atoms with Gasteiger partial charge in [-0.1, -0.05) is 90.3 Å². The summed E-state index contributed by atoms with van der Waals surface area (Å²) in [6, 6.07) is 0. The molecule has 0 bridgehead atoms. The van der Waals surface area contributed by atoms with Crippen molar-refractivity contribution in [3.8, 4) is 0 Å². The Labute approximate surface area is 237 Å². The number of aliphatic hydroxyl groups is 1. The summed E-state index contributed by atoms with van der Waals surface area (Å²) in [4.78, 5) is 0. The first-order valence-corrected chi connectivity index (χ1v) is 21.2. The summed E-state index contributed by atoms with van der Waals surface area (Å²) in [5, 5.41) is 10.3. The van der Waals surface area contributed by atoms with Gasteiger partial charge in [0, 0.05) is 12.5 Å². The second-order valence-electron chi connectivity index (χ2n) is 16.0. The lowest BCUT2D eigenvalue weighted by atomic mass is 9.62. The van der Waals surface area contributed by atoms with E-state index < -0.39 is 16.6 Å². The van der Waals surface area contributed by atoms with Crippen molar-refractivity contribution < 1.29 is 14.0 Å². The second kappa shape index (κ2) is 11.4. The van der Waals surface area contributed by atoms with Gasteiger partial charge in [0.15, 0.2) is 16.6 Å². The molecule has 2 fully saturated rings. The van der Waals surface area contributed by atoms with Crippen LogP contribution in [0.2, 0.25) is 36.3 Å². The first-order chi connectivity index (χ1) is 17.3. The molecule has 0 amide bonds. The molecule has 0 aromatic carbocycles. The van der Waals surface area contributed by atoms with Gasteiger partial charge in [0.25, 0.3) is 0 Å². The van der Waals surface area contributed by atoms with Gasteiger partial charge in [0.1, 0.15) is 0 Å². The van der Waals surface area contributed by atoms with Crippen molar-refractivity contribution in [3.63, 3.8) is 0 Å². The molecule has 38 heavy (non-hydrogen) atoms. The molecule has 3 nitrogen and oxygen atoms in total. The molecule has 1 N–H and O–H groups in total. The first kappa shape index (κ1) is 32.1. The first-order valence-electron chi connectivity index (χ1n) is 15.4. The van der Waals surface area contributed by atoms with E-state index in [1.54, 1.807) is 5.57 Å². The third kappa shape index (κ3) is 6.87. The standard InChI is InChI=1S/C33H60O3Si2/c1-24(23-34)29-17-18-30-26(14-13-19-33(29,30)8)16-15-25-20-27(35-37(9,10)31(2,3)4)22-28(21-25)36-38(11,12)32(5,6)7/h15-17,24,27-28,30,34H,13-14,18-23H2,1-12H3/t24-,27+,28+,30-,33+/m0/s1. The molecule has 3 aliphatic carbocycles. The highest BCUT2D eigenvalue weighted by Gasteiger charge is 2.46. The number of hydrogen-bond acceptors (Lipinski definition) is 3. The van der Waals surface area contributed by atoms with Crippen LogP contribution < -0.4 is 0 Å². The molecule has 3 aliphatic rings. The van der Waals surface area contributed by atoms with Crippen LogP contribution in [0.1, 0.15) is 100 Å². The lowest BCUT2D eigenvalue weighted by Gasteiger charge is -2.45. The van der Waals surface area contributed by atoms with Crippen LogP contribution in [0.15, 0.2) is 34.9 Å². The van der Waals surface area contributed by atoms with Crippen LogP contribution in [0, 0.1) is 17.3 Å². The molecule has 0 aliphatic heterocycles. The predicted octanol–water partition coefficient (Wildman–Crippen LogP) is 9.57. The lowest BCUT2D eigenvalue weighted by molar-refractivity contribution is 0.0725. The minimum absolute atomic E-state index is 0.206. The minimum atomic E-state index is -1.87.